The topological polar surface area (TPSA) is 38.9 Å². The quantitative estimate of drug-likeness (QED) is 0.594. The predicted molar refractivity (Wildman–Crippen MR) is 59.0 cm³/mol. The van der Waals surface area contributed by atoms with E-state index in [9.17, 15) is 0 Å². The molecule has 1 heterocycles. The maximum absolute atomic E-state index is 5.79. The Labute approximate surface area is 83.9 Å². The van der Waals surface area contributed by atoms with Gasteiger partial charge in [0, 0.05) is 5.69 Å². The van der Waals surface area contributed by atoms with E-state index in [2.05, 4.69) is 11.9 Å². The highest BCUT2D eigenvalue weighted by atomic mass is 32.2. The number of aryl methyl sites for hydroxylation is 1. The van der Waals surface area contributed by atoms with E-state index in [0.717, 1.165) is 22.2 Å². The summed E-state index contributed by atoms with van der Waals surface area (Å²) in [5, 5.41) is 0.980. The number of hydrogen-bond donors (Lipinski definition) is 1. The van der Waals surface area contributed by atoms with E-state index in [-0.39, 0.29) is 0 Å². The molecule has 0 bridgehead atoms. The summed E-state index contributed by atoms with van der Waals surface area (Å²) in [7, 11) is 0. The molecule has 1 rings (SSSR count). The lowest BCUT2D eigenvalue weighted by molar-refractivity contribution is 0.894. The molecular weight excluding hydrogens is 180 g/mol. The zero-order valence-electron chi connectivity index (χ0n) is 8.21. The largest absolute Gasteiger partial charge is 0.397 e. The number of hydrogen-bond acceptors (Lipinski definition) is 3. The summed E-state index contributed by atoms with van der Waals surface area (Å²) in [6.45, 7) is 4.18. The van der Waals surface area contributed by atoms with Crippen molar-refractivity contribution in [3.8, 4) is 0 Å². The van der Waals surface area contributed by atoms with Crippen LogP contribution >= 0.6 is 11.8 Å². The summed E-state index contributed by atoms with van der Waals surface area (Å²) < 4.78 is 0. The van der Waals surface area contributed by atoms with Gasteiger partial charge < -0.3 is 5.73 Å². The van der Waals surface area contributed by atoms with Crippen LogP contribution in [0, 0.1) is 6.92 Å². The third-order valence-electron chi connectivity index (χ3n) is 1.77. The second-order valence-corrected chi connectivity index (χ2v) is 4.13. The molecule has 0 aliphatic heterocycles. The zero-order chi connectivity index (χ0) is 9.68. The Hall–Kier alpha value is -0.700. The van der Waals surface area contributed by atoms with Crippen LogP contribution in [0.4, 0.5) is 5.69 Å². The molecule has 72 valence electrons. The van der Waals surface area contributed by atoms with Crippen molar-refractivity contribution in [2.75, 3.05) is 11.5 Å². The lowest BCUT2D eigenvalue weighted by Gasteiger charge is -2.04. The maximum atomic E-state index is 5.79. The molecule has 1 aromatic heterocycles. The Balaban J connectivity index is 2.59. The van der Waals surface area contributed by atoms with E-state index in [1.807, 2.05) is 19.1 Å². The molecule has 13 heavy (non-hydrogen) atoms. The molecule has 0 atom stereocenters. The molecule has 0 aromatic carbocycles. The SMILES string of the molecule is CCCCSc1nc(C)ccc1N. The molecule has 1 aromatic rings. The first-order valence-electron chi connectivity index (χ1n) is 4.60. The Morgan fingerprint density at radius 3 is 2.92 bits per heavy atom. The summed E-state index contributed by atoms with van der Waals surface area (Å²) in [6, 6.07) is 3.87. The van der Waals surface area contributed by atoms with Crippen LogP contribution in [0.2, 0.25) is 0 Å². The van der Waals surface area contributed by atoms with Gasteiger partial charge in [-0.25, -0.2) is 4.98 Å². The van der Waals surface area contributed by atoms with Gasteiger partial charge in [0.15, 0.2) is 0 Å². The third-order valence-corrected chi connectivity index (χ3v) is 2.86. The Bertz CT molecular complexity index is 274. The van der Waals surface area contributed by atoms with Crippen LogP contribution in [0.3, 0.4) is 0 Å². The number of unbranched alkanes of at least 4 members (excludes halogenated alkanes) is 1. The van der Waals surface area contributed by atoms with Gasteiger partial charge in [0.1, 0.15) is 5.03 Å². The lowest BCUT2D eigenvalue weighted by Crippen LogP contribution is -1.94. The summed E-state index contributed by atoms with van der Waals surface area (Å²) in [5.74, 6) is 1.11. The fourth-order valence-electron chi connectivity index (χ4n) is 0.972. The molecule has 0 radical (unpaired) electrons. The van der Waals surface area contributed by atoms with Crippen molar-refractivity contribution in [1.29, 1.82) is 0 Å². The van der Waals surface area contributed by atoms with Gasteiger partial charge in [0.25, 0.3) is 0 Å². The van der Waals surface area contributed by atoms with Crippen molar-refractivity contribution >= 4 is 17.4 Å². The van der Waals surface area contributed by atoms with Crippen LogP contribution in [-0.4, -0.2) is 10.7 Å². The van der Waals surface area contributed by atoms with Gasteiger partial charge in [-0.15, -0.1) is 11.8 Å². The second-order valence-electron chi connectivity index (χ2n) is 3.05. The van der Waals surface area contributed by atoms with Crippen molar-refractivity contribution in [2.24, 2.45) is 0 Å². The standard InChI is InChI=1S/C10H16N2S/c1-3-4-7-13-10-9(11)6-5-8(2)12-10/h5-6H,3-4,7,11H2,1-2H3. The van der Waals surface area contributed by atoms with Crippen molar-refractivity contribution < 1.29 is 0 Å². The van der Waals surface area contributed by atoms with Crippen molar-refractivity contribution in [1.82, 2.24) is 4.98 Å². The van der Waals surface area contributed by atoms with Crippen molar-refractivity contribution in [2.45, 2.75) is 31.7 Å². The number of aromatic nitrogens is 1. The zero-order valence-corrected chi connectivity index (χ0v) is 9.03. The molecule has 0 amide bonds. The molecule has 0 spiro atoms. The van der Waals surface area contributed by atoms with Crippen LogP contribution in [0.1, 0.15) is 25.5 Å². The molecular formula is C10H16N2S. The number of thioether (sulfide) groups is 1. The summed E-state index contributed by atoms with van der Waals surface area (Å²) in [6.07, 6.45) is 2.44. The molecule has 0 saturated heterocycles. The van der Waals surface area contributed by atoms with Crippen LogP contribution in [0.25, 0.3) is 0 Å². The maximum Gasteiger partial charge on any atom is 0.119 e. The minimum absolute atomic E-state index is 0.798. The van der Waals surface area contributed by atoms with Crippen molar-refractivity contribution in [3.05, 3.63) is 17.8 Å². The van der Waals surface area contributed by atoms with Gasteiger partial charge in [-0.3, -0.25) is 0 Å². The number of nitrogens with zero attached hydrogens (tertiary/aromatic N) is 1. The average Bonchev–Trinajstić information content (AvgIpc) is 2.11. The van der Waals surface area contributed by atoms with Gasteiger partial charge >= 0.3 is 0 Å². The monoisotopic (exact) mass is 196 g/mol. The third kappa shape index (κ3) is 3.27. The minimum atomic E-state index is 0.798. The highest BCUT2D eigenvalue weighted by Crippen LogP contribution is 2.23. The molecule has 0 aliphatic carbocycles. The smallest absolute Gasteiger partial charge is 0.119 e. The molecule has 2 N–H and O–H groups in total. The highest BCUT2D eigenvalue weighted by Gasteiger charge is 2.00. The average molecular weight is 196 g/mol. The Kier molecular flexibility index (Phi) is 4.09. The number of nitrogens with two attached hydrogens (primary N) is 1. The number of anilines is 1. The van der Waals surface area contributed by atoms with E-state index in [1.165, 1.54) is 12.8 Å². The fourth-order valence-corrected chi connectivity index (χ4v) is 2.04. The van der Waals surface area contributed by atoms with Crippen LogP contribution < -0.4 is 5.73 Å². The Morgan fingerprint density at radius 1 is 1.46 bits per heavy atom. The highest BCUT2D eigenvalue weighted by molar-refractivity contribution is 7.99. The first-order valence-corrected chi connectivity index (χ1v) is 5.58. The summed E-state index contributed by atoms with van der Waals surface area (Å²) in [4.78, 5) is 4.38. The molecule has 0 fully saturated rings. The normalized spacial score (nSPS) is 10.3. The van der Waals surface area contributed by atoms with Gasteiger partial charge in [0.05, 0.1) is 5.69 Å². The van der Waals surface area contributed by atoms with Crippen molar-refractivity contribution in [3.63, 3.8) is 0 Å². The summed E-state index contributed by atoms with van der Waals surface area (Å²) >= 11 is 1.75. The van der Waals surface area contributed by atoms with E-state index < -0.39 is 0 Å². The van der Waals surface area contributed by atoms with E-state index in [4.69, 9.17) is 5.73 Å². The number of nitrogen functional groups attached to an aromatic ring is 1. The van der Waals surface area contributed by atoms with E-state index in [1.54, 1.807) is 11.8 Å². The van der Waals surface area contributed by atoms with Crippen LogP contribution in [0.15, 0.2) is 17.2 Å². The number of pyridine rings is 1. The van der Waals surface area contributed by atoms with Crippen LogP contribution in [0.5, 0.6) is 0 Å². The summed E-state index contributed by atoms with van der Waals surface area (Å²) in [5.41, 5.74) is 7.62. The van der Waals surface area contributed by atoms with Crippen LogP contribution in [-0.2, 0) is 0 Å². The molecule has 0 aliphatic rings. The van der Waals surface area contributed by atoms with E-state index >= 15 is 0 Å². The first kappa shape index (κ1) is 10.4. The molecule has 0 unspecified atom stereocenters. The number of rotatable bonds is 4. The first-order chi connectivity index (χ1) is 6.24. The van der Waals surface area contributed by atoms with E-state index in [0.29, 0.717) is 0 Å². The Morgan fingerprint density at radius 2 is 2.23 bits per heavy atom. The fraction of sp³-hybridized carbons (Fsp3) is 0.500. The van der Waals surface area contributed by atoms with Gasteiger partial charge in [-0.05, 0) is 31.2 Å². The van der Waals surface area contributed by atoms with Gasteiger partial charge in [-0.2, -0.15) is 0 Å². The molecule has 3 heteroatoms. The predicted octanol–water partition coefficient (Wildman–Crippen LogP) is 2.86. The molecule has 2 nitrogen and oxygen atoms in total. The minimum Gasteiger partial charge on any atom is -0.397 e. The lowest BCUT2D eigenvalue weighted by atomic mass is 10.3. The molecule has 0 saturated carbocycles. The van der Waals surface area contributed by atoms with Gasteiger partial charge in [0.2, 0.25) is 0 Å². The second kappa shape index (κ2) is 5.12. The van der Waals surface area contributed by atoms with Gasteiger partial charge in [-0.1, -0.05) is 13.3 Å².